The Morgan fingerprint density at radius 2 is 2.27 bits per heavy atom. The van der Waals surface area contributed by atoms with Crippen molar-refractivity contribution in [3.8, 4) is 0 Å². The lowest BCUT2D eigenvalue weighted by Crippen LogP contribution is -1.98. The summed E-state index contributed by atoms with van der Waals surface area (Å²) in [5.74, 6) is -0.879. The lowest BCUT2D eigenvalue weighted by Gasteiger charge is -1.97. The number of aliphatic carboxylic acids is 1. The van der Waals surface area contributed by atoms with Gasteiger partial charge in [-0.15, -0.1) is 0 Å². The molecular formula is C11H9ClO3. The van der Waals surface area contributed by atoms with Crippen LogP contribution in [0.3, 0.4) is 0 Å². The molecule has 3 nitrogen and oxygen atoms in total. The number of aryl methyl sites for hydroxylation is 1. The number of rotatable bonds is 2. The van der Waals surface area contributed by atoms with Gasteiger partial charge in [0.1, 0.15) is 0 Å². The minimum atomic E-state index is -0.879. The molecule has 1 heterocycles. The van der Waals surface area contributed by atoms with E-state index in [9.17, 15) is 4.79 Å². The molecule has 0 saturated heterocycles. The molecule has 0 saturated carbocycles. The number of halogens is 1. The van der Waals surface area contributed by atoms with Gasteiger partial charge in [-0.1, -0.05) is 11.6 Å². The van der Waals surface area contributed by atoms with Crippen LogP contribution in [0.5, 0.6) is 0 Å². The third-order valence-corrected chi connectivity index (χ3v) is 2.48. The minimum Gasteiger partial charge on any atom is -0.481 e. The van der Waals surface area contributed by atoms with Gasteiger partial charge in [-0.05, 0) is 24.6 Å². The van der Waals surface area contributed by atoms with Gasteiger partial charge in [0.2, 0.25) is 0 Å². The van der Waals surface area contributed by atoms with Crippen molar-refractivity contribution in [3.05, 3.63) is 34.5 Å². The van der Waals surface area contributed by atoms with Crippen LogP contribution in [0.4, 0.5) is 0 Å². The first-order valence-electron chi connectivity index (χ1n) is 4.46. The number of hydrogen-bond acceptors (Lipinski definition) is 2. The summed E-state index contributed by atoms with van der Waals surface area (Å²) in [6.45, 7) is 1.91. The van der Waals surface area contributed by atoms with Gasteiger partial charge in [-0.25, -0.2) is 0 Å². The van der Waals surface area contributed by atoms with Crippen molar-refractivity contribution in [2.45, 2.75) is 13.3 Å². The third kappa shape index (κ3) is 1.83. The van der Waals surface area contributed by atoms with E-state index in [-0.39, 0.29) is 6.42 Å². The molecule has 0 aliphatic heterocycles. The number of carboxylic acid groups (broad SMARTS) is 1. The summed E-state index contributed by atoms with van der Waals surface area (Å²) in [7, 11) is 0. The highest BCUT2D eigenvalue weighted by Crippen LogP contribution is 2.29. The Morgan fingerprint density at radius 3 is 2.93 bits per heavy atom. The van der Waals surface area contributed by atoms with Gasteiger partial charge in [0.25, 0.3) is 0 Å². The van der Waals surface area contributed by atoms with Crippen LogP contribution in [0.2, 0.25) is 5.02 Å². The van der Waals surface area contributed by atoms with Gasteiger partial charge in [0.05, 0.1) is 17.7 Å². The highest BCUT2D eigenvalue weighted by atomic mass is 35.5. The van der Waals surface area contributed by atoms with Gasteiger partial charge < -0.3 is 9.52 Å². The smallest absolute Gasteiger partial charge is 0.307 e. The molecule has 78 valence electrons. The van der Waals surface area contributed by atoms with Crippen molar-refractivity contribution in [1.82, 2.24) is 0 Å². The van der Waals surface area contributed by atoms with Gasteiger partial charge in [-0.2, -0.15) is 0 Å². The maximum atomic E-state index is 10.6. The second-order valence-corrected chi connectivity index (χ2v) is 3.86. The van der Waals surface area contributed by atoms with Gasteiger partial charge in [0, 0.05) is 10.9 Å². The molecule has 0 amide bonds. The maximum Gasteiger partial charge on any atom is 0.307 e. The number of fused-ring (bicyclic) bond motifs is 1. The van der Waals surface area contributed by atoms with Crippen molar-refractivity contribution < 1.29 is 14.3 Å². The number of hydrogen-bond donors (Lipinski definition) is 1. The molecule has 2 aromatic rings. The van der Waals surface area contributed by atoms with E-state index >= 15 is 0 Å². The average Bonchev–Trinajstić information content (AvgIpc) is 2.48. The lowest BCUT2D eigenvalue weighted by atomic mass is 10.1. The maximum absolute atomic E-state index is 10.6. The summed E-state index contributed by atoms with van der Waals surface area (Å²) in [4.78, 5) is 10.6. The zero-order valence-electron chi connectivity index (χ0n) is 8.08. The highest BCUT2D eigenvalue weighted by Gasteiger charge is 2.12. The summed E-state index contributed by atoms with van der Waals surface area (Å²) >= 11 is 5.97. The van der Waals surface area contributed by atoms with E-state index in [0.717, 1.165) is 10.9 Å². The van der Waals surface area contributed by atoms with Crippen LogP contribution in [0.15, 0.2) is 22.8 Å². The minimum absolute atomic E-state index is 0.0488. The molecule has 2 rings (SSSR count). The van der Waals surface area contributed by atoms with E-state index in [2.05, 4.69) is 0 Å². The van der Waals surface area contributed by atoms with E-state index in [1.165, 1.54) is 6.26 Å². The summed E-state index contributed by atoms with van der Waals surface area (Å²) in [5.41, 5.74) is 2.20. The van der Waals surface area contributed by atoms with Crippen molar-refractivity contribution in [2.24, 2.45) is 0 Å². The molecule has 0 fully saturated rings. The van der Waals surface area contributed by atoms with E-state index in [1.807, 2.05) is 13.0 Å². The Morgan fingerprint density at radius 1 is 1.53 bits per heavy atom. The van der Waals surface area contributed by atoms with E-state index < -0.39 is 5.97 Å². The van der Waals surface area contributed by atoms with Crippen LogP contribution >= 0.6 is 11.6 Å². The fraction of sp³-hybridized carbons (Fsp3) is 0.182. The molecule has 0 bridgehead atoms. The summed E-state index contributed by atoms with van der Waals surface area (Å²) in [5, 5.41) is 10.0. The second-order valence-electron chi connectivity index (χ2n) is 3.45. The first kappa shape index (κ1) is 10.1. The second kappa shape index (κ2) is 3.59. The van der Waals surface area contributed by atoms with Crippen LogP contribution in [0.25, 0.3) is 11.0 Å². The first-order valence-corrected chi connectivity index (χ1v) is 4.83. The number of furan rings is 1. The molecule has 1 N–H and O–H groups in total. The zero-order valence-corrected chi connectivity index (χ0v) is 8.84. The summed E-state index contributed by atoms with van der Waals surface area (Å²) in [6.07, 6.45) is 1.40. The topological polar surface area (TPSA) is 50.4 Å². The SMILES string of the molecule is Cc1cc(Cl)c2occ(CC(=O)O)c2c1. The van der Waals surface area contributed by atoms with E-state index in [4.69, 9.17) is 21.1 Å². The zero-order chi connectivity index (χ0) is 11.0. The fourth-order valence-electron chi connectivity index (χ4n) is 1.58. The summed E-state index contributed by atoms with van der Waals surface area (Å²) in [6, 6.07) is 3.67. The van der Waals surface area contributed by atoms with Crippen molar-refractivity contribution >= 4 is 28.5 Å². The number of carbonyl (C=O) groups is 1. The van der Waals surface area contributed by atoms with E-state index in [1.54, 1.807) is 6.07 Å². The molecule has 4 heteroatoms. The van der Waals surface area contributed by atoms with Crippen molar-refractivity contribution in [2.75, 3.05) is 0 Å². The van der Waals surface area contributed by atoms with Crippen LogP contribution in [0, 0.1) is 6.92 Å². The fourth-order valence-corrected chi connectivity index (χ4v) is 1.90. The van der Waals surface area contributed by atoms with Crippen LogP contribution in [-0.4, -0.2) is 11.1 Å². The Kier molecular flexibility index (Phi) is 2.40. The third-order valence-electron chi connectivity index (χ3n) is 2.19. The van der Waals surface area contributed by atoms with Gasteiger partial charge in [-0.3, -0.25) is 4.79 Å². The lowest BCUT2D eigenvalue weighted by molar-refractivity contribution is -0.136. The standard InChI is InChI=1S/C11H9ClO3/c1-6-2-8-7(4-10(13)14)5-15-11(8)9(12)3-6/h2-3,5H,4H2,1H3,(H,13,14). The first-order chi connectivity index (χ1) is 7.08. The number of carboxylic acids is 1. The largest absolute Gasteiger partial charge is 0.481 e. The van der Waals surface area contributed by atoms with E-state index in [0.29, 0.717) is 16.2 Å². The van der Waals surface area contributed by atoms with Crippen LogP contribution in [-0.2, 0) is 11.2 Å². The van der Waals surface area contributed by atoms with Crippen molar-refractivity contribution in [3.63, 3.8) is 0 Å². The van der Waals surface area contributed by atoms with Gasteiger partial charge in [0.15, 0.2) is 5.58 Å². The molecule has 0 aliphatic rings. The molecule has 0 spiro atoms. The Labute approximate surface area is 91.3 Å². The molecular weight excluding hydrogens is 216 g/mol. The quantitative estimate of drug-likeness (QED) is 0.853. The monoisotopic (exact) mass is 224 g/mol. The molecule has 0 unspecified atom stereocenters. The molecule has 1 aromatic heterocycles. The normalized spacial score (nSPS) is 10.8. The van der Waals surface area contributed by atoms with Crippen LogP contribution in [0.1, 0.15) is 11.1 Å². The molecule has 0 radical (unpaired) electrons. The molecule has 15 heavy (non-hydrogen) atoms. The Bertz CT molecular complexity index is 528. The highest BCUT2D eigenvalue weighted by molar-refractivity contribution is 6.35. The summed E-state index contributed by atoms with van der Waals surface area (Å²) < 4.78 is 5.24. The predicted molar refractivity (Wildman–Crippen MR) is 57.3 cm³/mol. The van der Waals surface area contributed by atoms with Crippen molar-refractivity contribution in [1.29, 1.82) is 0 Å². The van der Waals surface area contributed by atoms with Crippen LogP contribution < -0.4 is 0 Å². The predicted octanol–water partition coefficient (Wildman–Crippen LogP) is 3.02. The number of benzene rings is 1. The molecule has 1 aromatic carbocycles. The molecule has 0 atom stereocenters. The average molecular weight is 225 g/mol. The van der Waals surface area contributed by atoms with Gasteiger partial charge >= 0.3 is 5.97 Å². The Balaban J connectivity index is 2.63. The Hall–Kier alpha value is -1.48. The molecule has 0 aliphatic carbocycles.